The van der Waals surface area contributed by atoms with Gasteiger partial charge in [0.15, 0.2) is 5.16 Å². The number of carbonyl (C=O) groups is 1. The minimum Gasteiger partial charge on any atom is -0.494 e. The first-order valence-corrected chi connectivity index (χ1v) is 15.4. The van der Waals surface area contributed by atoms with Crippen molar-refractivity contribution in [3.8, 4) is 11.4 Å². The number of rotatable bonds is 10. The molecule has 0 unspecified atom stereocenters. The van der Waals surface area contributed by atoms with E-state index in [1.54, 1.807) is 15.9 Å². The Bertz CT molecular complexity index is 1510. The molecule has 0 saturated carbocycles. The van der Waals surface area contributed by atoms with Crippen molar-refractivity contribution in [2.45, 2.75) is 51.6 Å². The third-order valence-electron chi connectivity index (χ3n) is 6.98. The zero-order chi connectivity index (χ0) is 27.4. The lowest BCUT2D eigenvalue weighted by molar-refractivity contribution is -0.113. The molecule has 204 valence electrons. The highest BCUT2D eigenvalue weighted by molar-refractivity contribution is 7.99. The van der Waals surface area contributed by atoms with Gasteiger partial charge < -0.3 is 15.0 Å². The molecule has 0 spiro atoms. The summed E-state index contributed by atoms with van der Waals surface area (Å²) in [5.41, 5.74) is 3.67. The number of hydrogen-bond acceptors (Lipinski definition) is 7. The van der Waals surface area contributed by atoms with Crippen LogP contribution >= 0.6 is 23.1 Å². The summed E-state index contributed by atoms with van der Waals surface area (Å²) in [5.74, 6) is 0.739. The molecule has 0 aliphatic heterocycles. The van der Waals surface area contributed by atoms with Crippen LogP contribution in [0.4, 0.5) is 11.4 Å². The second-order valence-corrected chi connectivity index (χ2v) is 11.4. The van der Waals surface area contributed by atoms with E-state index in [0.717, 1.165) is 71.7 Å². The van der Waals surface area contributed by atoms with Gasteiger partial charge >= 0.3 is 0 Å². The molecule has 39 heavy (non-hydrogen) atoms. The van der Waals surface area contributed by atoms with Gasteiger partial charge in [0.25, 0.3) is 5.56 Å². The molecular weight excluding hydrogens is 528 g/mol. The highest BCUT2D eigenvalue weighted by Crippen LogP contribution is 2.35. The fraction of sp³-hybridized carbons (Fsp3) is 0.367. The zero-order valence-corrected chi connectivity index (χ0v) is 24.3. The molecule has 2 heterocycles. The number of anilines is 2. The topological polar surface area (TPSA) is 76.5 Å². The van der Waals surface area contributed by atoms with Crippen LogP contribution in [0.3, 0.4) is 0 Å². The van der Waals surface area contributed by atoms with Gasteiger partial charge in [-0.15, -0.1) is 11.3 Å². The summed E-state index contributed by atoms with van der Waals surface area (Å²) in [4.78, 5) is 36.1. The summed E-state index contributed by atoms with van der Waals surface area (Å²) < 4.78 is 7.25. The third kappa shape index (κ3) is 5.84. The van der Waals surface area contributed by atoms with E-state index in [0.29, 0.717) is 17.5 Å². The molecular formula is C30H34N4O3S2. The maximum absolute atomic E-state index is 13.9. The van der Waals surface area contributed by atoms with Crippen molar-refractivity contribution in [1.29, 1.82) is 0 Å². The second-order valence-electron chi connectivity index (χ2n) is 9.41. The lowest BCUT2D eigenvalue weighted by atomic mass is 9.97. The number of carbonyl (C=O) groups excluding carboxylic acids is 1. The summed E-state index contributed by atoms with van der Waals surface area (Å²) in [6, 6.07) is 15.4. The molecule has 2 aromatic carbocycles. The lowest BCUT2D eigenvalue weighted by Crippen LogP contribution is -2.23. The summed E-state index contributed by atoms with van der Waals surface area (Å²) in [6.45, 7) is 8.62. The smallest absolute Gasteiger partial charge is 0.267 e. The van der Waals surface area contributed by atoms with Crippen molar-refractivity contribution in [3.63, 3.8) is 0 Å². The molecule has 0 fully saturated rings. The van der Waals surface area contributed by atoms with Crippen molar-refractivity contribution < 1.29 is 9.53 Å². The van der Waals surface area contributed by atoms with Gasteiger partial charge in [-0.3, -0.25) is 14.2 Å². The van der Waals surface area contributed by atoms with Crippen LogP contribution < -0.4 is 20.5 Å². The Balaban J connectivity index is 1.42. The van der Waals surface area contributed by atoms with E-state index in [2.05, 4.69) is 24.1 Å². The molecule has 2 aromatic heterocycles. The first-order valence-electron chi connectivity index (χ1n) is 13.6. The number of thioether (sulfide) groups is 1. The molecule has 1 N–H and O–H groups in total. The number of thiophene rings is 1. The molecule has 0 saturated heterocycles. The van der Waals surface area contributed by atoms with E-state index < -0.39 is 0 Å². The number of benzene rings is 2. The summed E-state index contributed by atoms with van der Waals surface area (Å²) in [5, 5.41) is 4.22. The predicted octanol–water partition coefficient (Wildman–Crippen LogP) is 6.30. The van der Waals surface area contributed by atoms with E-state index in [1.807, 2.05) is 55.5 Å². The van der Waals surface area contributed by atoms with Gasteiger partial charge in [0.05, 0.1) is 23.4 Å². The SMILES string of the molecule is CCOc1ccc(-n2c(SCC(=O)Nc3ccc(N(CC)CC)cc3)nc3sc4c(c3c2=O)CCCC4)cc1. The van der Waals surface area contributed by atoms with Crippen molar-refractivity contribution in [3.05, 3.63) is 69.3 Å². The number of fused-ring (bicyclic) bond motifs is 3. The number of ether oxygens (including phenoxy) is 1. The van der Waals surface area contributed by atoms with E-state index >= 15 is 0 Å². The largest absolute Gasteiger partial charge is 0.494 e. The minimum absolute atomic E-state index is 0.0709. The highest BCUT2D eigenvalue weighted by Gasteiger charge is 2.23. The Morgan fingerprint density at radius 1 is 1.05 bits per heavy atom. The van der Waals surface area contributed by atoms with Crippen molar-refractivity contribution in [2.75, 3.05) is 35.7 Å². The Kier molecular flexibility index (Phi) is 8.57. The monoisotopic (exact) mass is 562 g/mol. The van der Waals surface area contributed by atoms with Gasteiger partial charge in [-0.05, 0) is 101 Å². The van der Waals surface area contributed by atoms with Crippen LogP contribution in [0, 0.1) is 0 Å². The van der Waals surface area contributed by atoms with Crippen LogP contribution in [-0.2, 0) is 17.6 Å². The average molecular weight is 563 g/mol. The Hall–Kier alpha value is -3.30. The van der Waals surface area contributed by atoms with Crippen LogP contribution in [0.2, 0.25) is 0 Å². The number of nitrogens with one attached hydrogen (secondary N) is 1. The molecule has 9 heteroatoms. The third-order valence-corrected chi connectivity index (χ3v) is 9.10. The van der Waals surface area contributed by atoms with Gasteiger partial charge in [-0.25, -0.2) is 4.98 Å². The predicted molar refractivity (Wildman–Crippen MR) is 162 cm³/mol. The van der Waals surface area contributed by atoms with Gasteiger partial charge in [0.2, 0.25) is 5.91 Å². The van der Waals surface area contributed by atoms with Crippen molar-refractivity contribution >= 4 is 50.6 Å². The Morgan fingerprint density at radius 2 is 1.77 bits per heavy atom. The maximum atomic E-state index is 13.9. The molecule has 0 radical (unpaired) electrons. The van der Waals surface area contributed by atoms with Crippen LogP contribution in [0.5, 0.6) is 5.75 Å². The molecule has 1 amide bonds. The Labute approximate surface area is 237 Å². The van der Waals surface area contributed by atoms with E-state index in [1.165, 1.54) is 16.6 Å². The standard InChI is InChI=1S/C30H34N4O3S2/c1-4-33(5-2)21-13-11-20(12-14-21)31-26(35)19-38-30-32-28-27(24-9-7-8-10-25(24)39-28)29(36)34(30)22-15-17-23(18-16-22)37-6-3/h11-18H,4-10,19H2,1-3H3,(H,31,35). The summed E-state index contributed by atoms with van der Waals surface area (Å²) >= 11 is 2.90. The normalized spacial score (nSPS) is 12.8. The molecule has 0 atom stereocenters. The first kappa shape index (κ1) is 27.3. The number of hydrogen-bond donors (Lipinski definition) is 1. The first-order chi connectivity index (χ1) is 19.0. The summed E-state index contributed by atoms with van der Waals surface area (Å²) in [7, 11) is 0. The maximum Gasteiger partial charge on any atom is 0.267 e. The zero-order valence-electron chi connectivity index (χ0n) is 22.7. The number of aryl methyl sites for hydroxylation is 2. The fourth-order valence-corrected chi connectivity index (χ4v) is 7.16. The molecule has 4 aromatic rings. The molecule has 1 aliphatic carbocycles. The molecule has 0 bridgehead atoms. The highest BCUT2D eigenvalue weighted by atomic mass is 32.2. The van der Waals surface area contributed by atoms with Gasteiger partial charge in [-0.2, -0.15) is 0 Å². The Morgan fingerprint density at radius 3 is 2.46 bits per heavy atom. The number of amides is 1. The van der Waals surface area contributed by atoms with E-state index in [4.69, 9.17) is 9.72 Å². The van der Waals surface area contributed by atoms with Gasteiger partial charge in [0.1, 0.15) is 10.6 Å². The average Bonchev–Trinajstić information content (AvgIpc) is 3.33. The summed E-state index contributed by atoms with van der Waals surface area (Å²) in [6.07, 6.45) is 4.15. The fourth-order valence-electron chi connectivity index (χ4n) is 5.04. The van der Waals surface area contributed by atoms with Crippen molar-refractivity contribution in [2.24, 2.45) is 0 Å². The quantitative estimate of drug-likeness (QED) is 0.181. The van der Waals surface area contributed by atoms with Crippen LogP contribution in [-0.4, -0.2) is 40.9 Å². The van der Waals surface area contributed by atoms with Crippen molar-refractivity contribution in [1.82, 2.24) is 9.55 Å². The minimum atomic E-state index is -0.145. The molecule has 1 aliphatic rings. The van der Waals surface area contributed by atoms with Crippen LogP contribution in [0.25, 0.3) is 15.9 Å². The van der Waals surface area contributed by atoms with Gasteiger partial charge in [0, 0.05) is 29.3 Å². The lowest BCUT2D eigenvalue weighted by Gasteiger charge is -2.21. The van der Waals surface area contributed by atoms with Crippen LogP contribution in [0.1, 0.15) is 44.1 Å². The molecule has 7 nitrogen and oxygen atoms in total. The van der Waals surface area contributed by atoms with Gasteiger partial charge in [-0.1, -0.05) is 11.8 Å². The number of nitrogens with zero attached hydrogens (tertiary/aromatic N) is 3. The second kappa shape index (κ2) is 12.3. The van der Waals surface area contributed by atoms with Crippen LogP contribution in [0.15, 0.2) is 58.5 Å². The molecule has 5 rings (SSSR count). The number of aromatic nitrogens is 2. The van der Waals surface area contributed by atoms with E-state index in [-0.39, 0.29) is 17.2 Å². The van der Waals surface area contributed by atoms with E-state index in [9.17, 15) is 9.59 Å².